The van der Waals surface area contributed by atoms with E-state index < -0.39 is 11.7 Å². The third-order valence-corrected chi connectivity index (χ3v) is 2.47. The van der Waals surface area contributed by atoms with Gasteiger partial charge in [-0.25, -0.2) is 4.39 Å². The van der Waals surface area contributed by atoms with Crippen molar-refractivity contribution >= 4 is 17.5 Å². The molecule has 0 spiro atoms. The molecule has 1 amide bonds. The highest BCUT2D eigenvalue weighted by Gasteiger charge is 2.16. The van der Waals surface area contributed by atoms with Gasteiger partial charge in [-0.3, -0.25) is 4.79 Å². The van der Waals surface area contributed by atoms with Crippen LogP contribution >= 0.6 is 11.6 Å². The van der Waals surface area contributed by atoms with Crippen LogP contribution in [0.1, 0.15) is 23.7 Å². The molecule has 1 aromatic rings. The number of rotatable bonds is 5. The number of carbonyl (C=O) groups excluding carboxylic acids is 1. The van der Waals surface area contributed by atoms with Crippen LogP contribution in [0.2, 0.25) is 0 Å². The second-order valence-corrected chi connectivity index (χ2v) is 4.39. The smallest absolute Gasteiger partial charge is 0.258 e. The van der Waals surface area contributed by atoms with Gasteiger partial charge in [0.25, 0.3) is 5.91 Å². The minimum Gasteiger partial charge on any atom is -0.496 e. The number of nitrogens with one attached hydrogen (secondary N) is 1. The molecule has 1 rings (SSSR count). The lowest BCUT2D eigenvalue weighted by Gasteiger charge is -2.10. The lowest BCUT2D eigenvalue weighted by molar-refractivity contribution is 0.0946. The van der Waals surface area contributed by atoms with Crippen LogP contribution in [-0.2, 0) is 0 Å². The van der Waals surface area contributed by atoms with Crippen LogP contribution in [0, 0.1) is 5.82 Å². The first-order valence-corrected chi connectivity index (χ1v) is 5.74. The van der Waals surface area contributed by atoms with E-state index in [-0.39, 0.29) is 16.7 Å². The van der Waals surface area contributed by atoms with E-state index in [1.165, 1.54) is 19.2 Å². The highest BCUT2D eigenvalue weighted by Crippen LogP contribution is 2.20. The summed E-state index contributed by atoms with van der Waals surface area (Å²) >= 11 is 5.75. The quantitative estimate of drug-likeness (QED) is 0.826. The molecule has 0 saturated heterocycles. The van der Waals surface area contributed by atoms with Gasteiger partial charge in [0.15, 0.2) is 0 Å². The molecule has 0 bridgehead atoms. The number of amides is 1. The molecule has 1 N–H and O–H groups in total. The zero-order valence-corrected chi connectivity index (χ0v) is 10.6. The summed E-state index contributed by atoms with van der Waals surface area (Å²) in [5.41, 5.74) is -0.0720. The summed E-state index contributed by atoms with van der Waals surface area (Å²) in [6.45, 7) is 2.23. The van der Waals surface area contributed by atoms with E-state index in [1.807, 2.05) is 6.92 Å². The molecule has 0 aromatic heterocycles. The van der Waals surface area contributed by atoms with Gasteiger partial charge < -0.3 is 10.1 Å². The molecular weight excluding hydrogens is 245 g/mol. The van der Waals surface area contributed by atoms with E-state index in [0.29, 0.717) is 13.0 Å². The molecule has 0 saturated carbocycles. The molecule has 94 valence electrons. The van der Waals surface area contributed by atoms with Crippen molar-refractivity contribution in [3.63, 3.8) is 0 Å². The third-order valence-electron chi connectivity index (χ3n) is 2.25. The van der Waals surface area contributed by atoms with Gasteiger partial charge in [-0.1, -0.05) is 6.07 Å². The minimum atomic E-state index is -0.597. The van der Waals surface area contributed by atoms with Gasteiger partial charge in [0, 0.05) is 11.9 Å². The molecule has 0 aliphatic heterocycles. The van der Waals surface area contributed by atoms with E-state index in [9.17, 15) is 9.18 Å². The fourth-order valence-electron chi connectivity index (χ4n) is 1.37. The van der Waals surface area contributed by atoms with E-state index in [0.717, 1.165) is 0 Å². The maximum absolute atomic E-state index is 13.5. The molecular formula is C12H15ClFNO2. The van der Waals surface area contributed by atoms with Gasteiger partial charge in [0.2, 0.25) is 0 Å². The Balaban J connectivity index is 2.74. The standard InChI is InChI=1S/C12H15ClFNO2/c1-8(13)6-7-15-12(16)11-9(14)4-3-5-10(11)17-2/h3-5,8H,6-7H2,1-2H3,(H,15,16). The number of hydrogen-bond acceptors (Lipinski definition) is 2. The maximum atomic E-state index is 13.5. The van der Waals surface area contributed by atoms with Crippen molar-refractivity contribution in [1.82, 2.24) is 5.32 Å². The average molecular weight is 260 g/mol. The SMILES string of the molecule is COc1cccc(F)c1C(=O)NCCC(C)Cl. The van der Waals surface area contributed by atoms with Gasteiger partial charge >= 0.3 is 0 Å². The predicted molar refractivity (Wildman–Crippen MR) is 65.2 cm³/mol. The van der Waals surface area contributed by atoms with Crippen molar-refractivity contribution in [2.24, 2.45) is 0 Å². The molecule has 0 aliphatic carbocycles. The second-order valence-electron chi connectivity index (χ2n) is 3.64. The van der Waals surface area contributed by atoms with Crippen LogP contribution in [0.4, 0.5) is 4.39 Å². The van der Waals surface area contributed by atoms with Gasteiger partial charge in [-0.15, -0.1) is 11.6 Å². The van der Waals surface area contributed by atoms with Crippen molar-refractivity contribution < 1.29 is 13.9 Å². The summed E-state index contributed by atoms with van der Waals surface area (Å²) in [4.78, 5) is 11.8. The molecule has 0 aliphatic rings. The Morgan fingerprint density at radius 3 is 2.88 bits per heavy atom. The third kappa shape index (κ3) is 3.89. The van der Waals surface area contributed by atoms with Gasteiger partial charge in [0.1, 0.15) is 17.1 Å². The highest BCUT2D eigenvalue weighted by molar-refractivity contribution is 6.20. The molecule has 0 radical (unpaired) electrons. The molecule has 5 heteroatoms. The molecule has 3 nitrogen and oxygen atoms in total. The minimum absolute atomic E-state index is 0.0298. The molecule has 1 unspecified atom stereocenters. The highest BCUT2D eigenvalue weighted by atomic mass is 35.5. The topological polar surface area (TPSA) is 38.3 Å². The van der Waals surface area contributed by atoms with Crippen molar-refractivity contribution in [2.45, 2.75) is 18.7 Å². The number of benzene rings is 1. The largest absolute Gasteiger partial charge is 0.496 e. The zero-order chi connectivity index (χ0) is 12.8. The van der Waals surface area contributed by atoms with Gasteiger partial charge in [-0.05, 0) is 25.5 Å². The zero-order valence-electron chi connectivity index (χ0n) is 9.80. The van der Waals surface area contributed by atoms with Crippen LogP contribution in [0.5, 0.6) is 5.75 Å². The Kier molecular flexibility index (Phi) is 5.22. The van der Waals surface area contributed by atoms with Crippen LogP contribution in [0.15, 0.2) is 18.2 Å². The van der Waals surface area contributed by atoms with E-state index in [2.05, 4.69) is 5.32 Å². The van der Waals surface area contributed by atoms with Crippen molar-refractivity contribution in [1.29, 1.82) is 0 Å². The Morgan fingerprint density at radius 1 is 1.59 bits per heavy atom. The van der Waals surface area contributed by atoms with Crippen molar-refractivity contribution in [3.05, 3.63) is 29.6 Å². The van der Waals surface area contributed by atoms with Crippen LogP contribution < -0.4 is 10.1 Å². The maximum Gasteiger partial charge on any atom is 0.258 e. The molecule has 0 heterocycles. The van der Waals surface area contributed by atoms with Crippen molar-refractivity contribution in [2.75, 3.05) is 13.7 Å². The number of methoxy groups -OCH3 is 1. The van der Waals surface area contributed by atoms with Crippen LogP contribution in [0.25, 0.3) is 0 Å². The predicted octanol–water partition coefficient (Wildman–Crippen LogP) is 2.58. The normalized spacial score (nSPS) is 12.0. The summed E-state index contributed by atoms with van der Waals surface area (Å²) in [7, 11) is 1.40. The monoisotopic (exact) mass is 259 g/mol. The molecule has 17 heavy (non-hydrogen) atoms. The first-order chi connectivity index (χ1) is 8.06. The average Bonchev–Trinajstić information content (AvgIpc) is 2.27. The summed E-state index contributed by atoms with van der Waals surface area (Å²) in [6.07, 6.45) is 0.629. The van der Waals surface area contributed by atoms with Crippen molar-refractivity contribution in [3.8, 4) is 5.75 Å². The Hall–Kier alpha value is -1.29. The fraction of sp³-hybridized carbons (Fsp3) is 0.417. The number of halogens is 2. The summed E-state index contributed by atoms with van der Waals surface area (Å²) in [5.74, 6) is -0.862. The summed E-state index contributed by atoms with van der Waals surface area (Å²) < 4.78 is 18.5. The first-order valence-electron chi connectivity index (χ1n) is 5.31. The van der Waals surface area contributed by atoms with Crippen LogP contribution in [-0.4, -0.2) is 24.9 Å². The Bertz CT molecular complexity index is 396. The van der Waals surface area contributed by atoms with E-state index in [4.69, 9.17) is 16.3 Å². The first kappa shape index (κ1) is 13.8. The van der Waals surface area contributed by atoms with Crippen LogP contribution in [0.3, 0.4) is 0 Å². The van der Waals surface area contributed by atoms with Gasteiger partial charge in [0.05, 0.1) is 7.11 Å². The molecule has 1 aromatic carbocycles. The Labute approximate surface area is 105 Å². The van der Waals surface area contributed by atoms with Gasteiger partial charge in [-0.2, -0.15) is 0 Å². The Morgan fingerprint density at radius 2 is 2.29 bits per heavy atom. The van der Waals surface area contributed by atoms with E-state index in [1.54, 1.807) is 6.07 Å². The van der Waals surface area contributed by atoms with E-state index >= 15 is 0 Å². The molecule has 0 fully saturated rings. The number of hydrogen-bond donors (Lipinski definition) is 1. The summed E-state index contributed by atoms with van der Waals surface area (Å²) in [5, 5.41) is 2.57. The number of ether oxygens (including phenoxy) is 1. The summed E-state index contributed by atoms with van der Waals surface area (Å²) in [6, 6.07) is 4.26. The lowest BCUT2D eigenvalue weighted by Crippen LogP contribution is -2.27. The number of alkyl halides is 1. The number of carbonyl (C=O) groups is 1. The molecule has 1 atom stereocenters. The lowest BCUT2D eigenvalue weighted by atomic mass is 10.1. The second kappa shape index (κ2) is 6.45. The fourth-order valence-corrected chi connectivity index (χ4v) is 1.48.